The summed E-state index contributed by atoms with van der Waals surface area (Å²) in [6.07, 6.45) is 6.31. The maximum Gasteiger partial charge on any atom is 0.272 e. The second-order valence-electron chi connectivity index (χ2n) is 5.28. The van der Waals surface area contributed by atoms with Crippen LogP contribution in [0.4, 0.5) is 5.69 Å². The first-order chi connectivity index (χ1) is 9.08. The molecule has 1 aromatic carbocycles. The number of benzene rings is 1. The van der Waals surface area contributed by atoms with E-state index in [0.29, 0.717) is 22.9 Å². The quantitative estimate of drug-likeness (QED) is 0.661. The molecule has 4 nitrogen and oxygen atoms in total. The Labute approximate surface area is 118 Å². The Balaban J connectivity index is 2.01. The van der Waals surface area contributed by atoms with E-state index in [1.807, 2.05) is 0 Å². The Morgan fingerprint density at radius 2 is 2.11 bits per heavy atom. The molecule has 0 aromatic heterocycles. The van der Waals surface area contributed by atoms with Crippen molar-refractivity contribution in [2.45, 2.75) is 44.6 Å². The van der Waals surface area contributed by atoms with Crippen molar-refractivity contribution < 1.29 is 4.92 Å². The van der Waals surface area contributed by atoms with Crippen molar-refractivity contribution in [2.24, 2.45) is 11.7 Å². The van der Waals surface area contributed by atoms with Crippen molar-refractivity contribution in [1.82, 2.24) is 0 Å². The molecule has 19 heavy (non-hydrogen) atoms. The van der Waals surface area contributed by atoms with Gasteiger partial charge in [-0.1, -0.05) is 24.4 Å². The minimum Gasteiger partial charge on any atom is -0.327 e. The largest absolute Gasteiger partial charge is 0.327 e. The van der Waals surface area contributed by atoms with E-state index in [9.17, 15) is 10.1 Å². The lowest BCUT2D eigenvalue weighted by Crippen LogP contribution is -2.28. The van der Waals surface area contributed by atoms with Gasteiger partial charge in [0.05, 0.1) is 4.92 Å². The lowest BCUT2D eigenvalue weighted by Gasteiger charge is -2.18. The molecule has 2 N–H and O–H groups in total. The molecule has 0 aliphatic heterocycles. The molecule has 0 bridgehead atoms. The molecule has 0 saturated heterocycles. The minimum absolute atomic E-state index is 0.140. The molecule has 104 valence electrons. The van der Waals surface area contributed by atoms with Crippen molar-refractivity contribution in [3.8, 4) is 0 Å². The molecule has 0 radical (unpaired) electrons. The number of halogens is 1. The van der Waals surface area contributed by atoms with Crippen LogP contribution in [0.1, 0.15) is 37.7 Å². The van der Waals surface area contributed by atoms with E-state index in [0.717, 1.165) is 6.42 Å². The number of hydrogen-bond acceptors (Lipinski definition) is 3. The second-order valence-corrected chi connectivity index (χ2v) is 5.71. The van der Waals surface area contributed by atoms with E-state index in [2.05, 4.69) is 0 Å². The fourth-order valence-electron chi connectivity index (χ4n) is 2.88. The molecular weight excluding hydrogens is 264 g/mol. The van der Waals surface area contributed by atoms with Crippen LogP contribution in [0.15, 0.2) is 18.2 Å². The highest BCUT2D eigenvalue weighted by molar-refractivity contribution is 6.30. The predicted octanol–water partition coefficient (Wildman–Crippen LogP) is 3.70. The van der Waals surface area contributed by atoms with Crippen LogP contribution in [-0.2, 0) is 6.42 Å². The number of nitrogens with zero attached hydrogens (tertiary/aromatic N) is 1. The third kappa shape index (κ3) is 3.67. The van der Waals surface area contributed by atoms with Crippen molar-refractivity contribution in [2.75, 3.05) is 0 Å². The predicted molar refractivity (Wildman–Crippen MR) is 76.4 cm³/mol. The number of nitrogens with two attached hydrogens (primary N) is 1. The molecule has 1 fully saturated rings. The summed E-state index contributed by atoms with van der Waals surface area (Å²) < 4.78 is 0. The van der Waals surface area contributed by atoms with E-state index >= 15 is 0 Å². The first-order valence-electron chi connectivity index (χ1n) is 6.76. The molecule has 5 heteroatoms. The summed E-state index contributed by atoms with van der Waals surface area (Å²) in [7, 11) is 0. The Morgan fingerprint density at radius 1 is 1.42 bits per heavy atom. The zero-order valence-corrected chi connectivity index (χ0v) is 11.6. The molecule has 1 aromatic rings. The first kappa shape index (κ1) is 14.3. The summed E-state index contributed by atoms with van der Waals surface area (Å²) in [5.41, 5.74) is 7.02. The van der Waals surface area contributed by atoms with Crippen LogP contribution in [0.2, 0.25) is 5.02 Å². The maximum absolute atomic E-state index is 11.0. The number of rotatable bonds is 5. The van der Waals surface area contributed by atoms with Crippen LogP contribution >= 0.6 is 11.6 Å². The van der Waals surface area contributed by atoms with Gasteiger partial charge in [-0.05, 0) is 43.7 Å². The molecule has 1 aliphatic carbocycles. The fourth-order valence-corrected chi connectivity index (χ4v) is 3.07. The molecule has 0 amide bonds. The Bertz CT molecular complexity index is 459. The SMILES string of the molecule is NC(CCc1cc(Cl)ccc1[N+](=O)[O-])C1CCCC1. The summed E-state index contributed by atoms with van der Waals surface area (Å²) in [4.78, 5) is 10.6. The molecular formula is C14H19ClN2O2. The zero-order valence-electron chi connectivity index (χ0n) is 10.8. The van der Waals surface area contributed by atoms with Gasteiger partial charge in [0.25, 0.3) is 5.69 Å². The monoisotopic (exact) mass is 282 g/mol. The summed E-state index contributed by atoms with van der Waals surface area (Å²) in [5, 5.41) is 11.5. The molecule has 1 atom stereocenters. The van der Waals surface area contributed by atoms with E-state index in [1.54, 1.807) is 12.1 Å². The molecule has 1 unspecified atom stereocenters. The third-order valence-corrected chi connectivity index (χ3v) is 4.23. The molecule has 0 spiro atoms. The van der Waals surface area contributed by atoms with Crippen molar-refractivity contribution in [3.05, 3.63) is 38.9 Å². The summed E-state index contributed by atoms with van der Waals surface area (Å²) in [6.45, 7) is 0. The smallest absolute Gasteiger partial charge is 0.272 e. The topological polar surface area (TPSA) is 69.2 Å². The molecule has 1 aliphatic rings. The highest BCUT2D eigenvalue weighted by Crippen LogP contribution is 2.30. The van der Waals surface area contributed by atoms with Gasteiger partial charge >= 0.3 is 0 Å². The Hall–Kier alpha value is -1.13. The Morgan fingerprint density at radius 3 is 2.74 bits per heavy atom. The van der Waals surface area contributed by atoms with Gasteiger partial charge in [0.1, 0.15) is 0 Å². The lowest BCUT2D eigenvalue weighted by atomic mass is 9.93. The van der Waals surface area contributed by atoms with Gasteiger partial charge in [-0.25, -0.2) is 0 Å². The normalized spacial score (nSPS) is 17.6. The number of nitro benzene ring substituents is 1. The first-order valence-corrected chi connectivity index (χ1v) is 7.14. The number of aryl methyl sites for hydroxylation is 1. The van der Waals surface area contributed by atoms with Gasteiger partial charge in [-0.2, -0.15) is 0 Å². The average Bonchev–Trinajstić information content (AvgIpc) is 2.89. The maximum atomic E-state index is 11.0. The minimum atomic E-state index is -0.354. The standard InChI is InChI=1S/C14H19ClN2O2/c15-12-6-8-14(17(18)19)11(9-12)5-7-13(16)10-3-1-2-4-10/h6,8-10,13H,1-5,7,16H2. The van der Waals surface area contributed by atoms with Crippen LogP contribution in [0.5, 0.6) is 0 Å². The Kier molecular flexibility index (Phi) is 4.77. The van der Waals surface area contributed by atoms with Gasteiger partial charge < -0.3 is 5.73 Å². The van der Waals surface area contributed by atoms with E-state index in [1.165, 1.54) is 31.7 Å². The third-order valence-electron chi connectivity index (χ3n) is 3.99. The van der Waals surface area contributed by atoms with Crippen molar-refractivity contribution in [3.63, 3.8) is 0 Å². The molecule has 1 saturated carbocycles. The number of nitro groups is 1. The highest BCUT2D eigenvalue weighted by atomic mass is 35.5. The summed E-state index contributed by atoms with van der Waals surface area (Å²) in [6, 6.07) is 4.85. The van der Waals surface area contributed by atoms with E-state index in [4.69, 9.17) is 17.3 Å². The van der Waals surface area contributed by atoms with Crippen molar-refractivity contribution >= 4 is 17.3 Å². The van der Waals surface area contributed by atoms with E-state index in [-0.39, 0.29) is 16.7 Å². The van der Waals surface area contributed by atoms with Gasteiger partial charge in [-0.15, -0.1) is 0 Å². The number of hydrogen-bond donors (Lipinski definition) is 1. The van der Waals surface area contributed by atoms with Gasteiger partial charge in [0.2, 0.25) is 0 Å². The van der Waals surface area contributed by atoms with E-state index < -0.39 is 0 Å². The zero-order chi connectivity index (χ0) is 13.8. The average molecular weight is 283 g/mol. The second kappa shape index (κ2) is 6.35. The highest BCUT2D eigenvalue weighted by Gasteiger charge is 2.23. The molecule has 2 rings (SSSR count). The van der Waals surface area contributed by atoms with Crippen molar-refractivity contribution in [1.29, 1.82) is 0 Å². The fraction of sp³-hybridized carbons (Fsp3) is 0.571. The van der Waals surface area contributed by atoms with Crippen LogP contribution in [-0.4, -0.2) is 11.0 Å². The summed E-state index contributed by atoms with van der Waals surface area (Å²) in [5.74, 6) is 0.582. The molecule has 0 heterocycles. The summed E-state index contributed by atoms with van der Waals surface area (Å²) >= 11 is 5.91. The van der Waals surface area contributed by atoms with Crippen LogP contribution in [0, 0.1) is 16.0 Å². The van der Waals surface area contributed by atoms with Gasteiger partial charge in [0, 0.05) is 22.7 Å². The van der Waals surface area contributed by atoms with Crippen LogP contribution < -0.4 is 5.73 Å². The van der Waals surface area contributed by atoms with Crippen LogP contribution in [0.3, 0.4) is 0 Å². The van der Waals surface area contributed by atoms with Gasteiger partial charge in [0.15, 0.2) is 0 Å². The van der Waals surface area contributed by atoms with Crippen LogP contribution in [0.25, 0.3) is 0 Å². The van der Waals surface area contributed by atoms with Gasteiger partial charge in [-0.3, -0.25) is 10.1 Å². The lowest BCUT2D eigenvalue weighted by molar-refractivity contribution is -0.385.